The molecule has 7 heteroatoms. The van der Waals surface area contributed by atoms with Gasteiger partial charge in [-0.2, -0.15) is 10.1 Å². The highest BCUT2D eigenvalue weighted by Gasteiger charge is 2.26. The van der Waals surface area contributed by atoms with E-state index in [-0.39, 0.29) is 0 Å². The average molecular weight is 262 g/mol. The Hall–Kier alpha value is -1.76. The van der Waals surface area contributed by atoms with E-state index >= 15 is 0 Å². The fourth-order valence-corrected chi connectivity index (χ4v) is 2.64. The molecular weight excluding hydrogens is 244 g/mol. The molecule has 0 amide bonds. The van der Waals surface area contributed by atoms with Gasteiger partial charge in [-0.1, -0.05) is 12.1 Å². The lowest BCUT2D eigenvalue weighted by Gasteiger charge is -2.26. The molecule has 0 aliphatic heterocycles. The third kappa shape index (κ3) is 2.65. The van der Waals surface area contributed by atoms with Gasteiger partial charge in [-0.05, 0) is 32.2 Å². The van der Waals surface area contributed by atoms with Gasteiger partial charge < -0.3 is 9.84 Å². The summed E-state index contributed by atoms with van der Waals surface area (Å²) in [7, 11) is 0. The molecule has 0 saturated heterocycles. The van der Waals surface area contributed by atoms with E-state index in [1.54, 1.807) is 0 Å². The molecular formula is C12H18N6O. The van der Waals surface area contributed by atoms with E-state index in [0.29, 0.717) is 23.6 Å². The molecule has 2 aromatic rings. The third-order valence-corrected chi connectivity index (χ3v) is 3.64. The molecule has 0 bridgehead atoms. The normalized spacial score (nSPS) is 23.6. The van der Waals surface area contributed by atoms with Crippen LogP contribution in [0.4, 0.5) is 0 Å². The SMILES string of the molecule is CCNC1CCC(c2nc(-c3ncn[nH]3)no2)CC1. The van der Waals surface area contributed by atoms with Gasteiger partial charge in [-0.15, -0.1) is 0 Å². The van der Waals surface area contributed by atoms with E-state index < -0.39 is 0 Å². The first kappa shape index (κ1) is 12.3. The van der Waals surface area contributed by atoms with E-state index in [2.05, 4.69) is 37.6 Å². The van der Waals surface area contributed by atoms with Gasteiger partial charge in [0, 0.05) is 12.0 Å². The van der Waals surface area contributed by atoms with Crippen molar-refractivity contribution in [3.8, 4) is 11.6 Å². The first-order valence-corrected chi connectivity index (χ1v) is 6.79. The Morgan fingerprint density at radius 1 is 1.37 bits per heavy atom. The number of hydrogen-bond donors (Lipinski definition) is 2. The van der Waals surface area contributed by atoms with Crippen molar-refractivity contribution in [1.29, 1.82) is 0 Å². The number of rotatable bonds is 4. The Labute approximate surface area is 111 Å². The van der Waals surface area contributed by atoms with Gasteiger partial charge in [-0.25, -0.2) is 4.98 Å². The second-order valence-electron chi connectivity index (χ2n) is 4.90. The van der Waals surface area contributed by atoms with Crippen molar-refractivity contribution in [2.45, 2.75) is 44.6 Å². The van der Waals surface area contributed by atoms with Gasteiger partial charge in [0.05, 0.1) is 0 Å². The molecule has 1 aliphatic carbocycles. The second-order valence-corrected chi connectivity index (χ2v) is 4.90. The molecule has 1 saturated carbocycles. The maximum atomic E-state index is 5.35. The van der Waals surface area contributed by atoms with Crippen molar-refractivity contribution in [1.82, 2.24) is 30.6 Å². The Bertz CT molecular complexity index is 500. The van der Waals surface area contributed by atoms with Gasteiger partial charge in [0.2, 0.25) is 11.7 Å². The van der Waals surface area contributed by atoms with Crippen LogP contribution in [0.25, 0.3) is 11.6 Å². The molecule has 0 atom stereocenters. The van der Waals surface area contributed by atoms with E-state index in [0.717, 1.165) is 25.3 Å². The van der Waals surface area contributed by atoms with Crippen LogP contribution in [0.5, 0.6) is 0 Å². The Kier molecular flexibility index (Phi) is 3.54. The molecule has 1 aliphatic rings. The Morgan fingerprint density at radius 3 is 2.89 bits per heavy atom. The zero-order valence-electron chi connectivity index (χ0n) is 11.0. The number of H-pyrrole nitrogens is 1. The zero-order chi connectivity index (χ0) is 13.1. The lowest BCUT2D eigenvalue weighted by atomic mass is 9.86. The van der Waals surface area contributed by atoms with Crippen molar-refractivity contribution >= 4 is 0 Å². The molecule has 0 spiro atoms. The average Bonchev–Trinajstić information content (AvgIpc) is 3.11. The van der Waals surface area contributed by atoms with E-state index in [4.69, 9.17) is 4.52 Å². The summed E-state index contributed by atoms with van der Waals surface area (Å²) in [6, 6.07) is 0.637. The molecule has 2 N–H and O–H groups in total. The third-order valence-electron chi connectivity index (χ3n) is 3.64. The van der Waals surface area contributed by atoms with Crippen molar-refractivity contribution < 1.29 is 4.52 Å². The van der Waals surface area contributed by atoms with E-state index in [1.807, 2.05) is 0 Å². The minimum Gasteiger partial charge on any atom is -0.339 e. The van der Waals surface area contributed by atoms with Crippen LogP contribution in [0.1, 0.15) is 44.4 Å². The molecule has 0 aromatic carbocycles. The largest absolute Gasteiger partial charge is 0.339 e. The van der Waals surface area contributed by atoms with Crippen molar-refractivity contribution in [3.05, 3.63) is 12.2 Å². The number of nitrogens with one attached hydrogen (secondary N) is 2. The summed E-state index contributed by atoms with van der Waals surface area (Å²) >= 11 is 0. The van der Waals surface area contributed by atoms with Crippen molar-refractivity contribution in [2.24, 2.45) is 0 Å². The van der Waals surface area contributed by atoms with Gasteiger partial charge in [0.1, 0.15) is 6.33 Å². The molecule has 2 heterocycles. The monoisotopic (exact) mass is 262 g/mol. The Morgan fingerprint density at radius 2 is 2.21 bits per heavy atom. The van der Waals surface area contributed by atoms with Crippen LogP contribution in [-0.4, -0.2) is 37.9 Å². The van der Waals surface area contributed by atoms with Crippen LogP contribution in [0.2, 0.25) is 0 Å². The summed E-state index contributed by atoms with van der Waals surface area (Å²) < 4.78 is 5.35. The molecule has 3 rings (SSSR count). The second kappa shape index (κ2) is 5.48. The lowest BCUT2D eigenvalue weighted by Crippen LogP contribution is -2.32. The van der Waals surface area contributed by atoms with Crippen LogP contribution in [0, 0.1) is 0 Å². The first-order chi connectivity index (χ1) is 9.36. The predicted octanol–water partition coefficient (Wildman–Crippen LogP) is 1.49. The molecule has 1 fully saturated rings. The van der Waals surface area contributed by atoms with E-state index in [9.17, 15) is 0 Å². The maximum Gasteiger partial charge on any atom is 0.239 e. The molecule has 2 aromatic heterocycles. The van der Waals surface area contributed by atoms with E-state index in [1.165, 1.54) is 19.2 Å². The standard InChI is InChI=1S/C12H18N6O/c1-2-13-9-5-3-8(4-6-9)12-16-11(18-19-12)10-14-7-15-17-10/h7-9,13H,2-6H2,1H3,(H,14,15,17). The lowest BCUT2D eigenvalue weighted by molar-refractivity contribution is 0.284. The van der Waals surface area contributed by atoms with Gasteiger partial charge in [0.15, 0.2) is 5.82 Å². The highest BCUT2D eigenvalue weighted by atomic mass is 16.5. The van der Waals surface area contributed by atoms with Crippen molar-refractivity contribution in [3.63, 3.8) is 0 Å². The highest BCUT2D eigenvalue weighted by Crippen LogP contribution is 2.32. The smallest absolute Gasteiger partial charge is 0.239 e. The Balaban J connectivity index is 1.64. The predicted molar refractivity (Wildman–Crippen MR) is 68.3 cm³/mol. The van der Waals surface area contributed by atoms with Crippen LogP contribution < -0.4 is 5.32 Å². The number of nitrogens with zero attached hydrogens (tertiary/aromatic N) is 4. The van der Waals surface area contributed by atoms with Crippen LogP contribution in [0.3, 0.4) is 0 Å². The molecule has 0 unspecified atom stereocenters. The van der Waals surface area contributed by atoms with Gasteiger partial charge in [0.25, 0.3) is 0 Å². The summed E-state index contributed by atoms with van der Waals surface area (Å²) in [5.74, 6) is 2.14. The summed E-state index contributed by atoms with van der Waals surface area (Å²) in [5, 5.41) is 14.0. The quantitative estimate of drug-likeness (QED) is 0.867. The molecule has 102 valence electrons. The number of aromatic nitrogens is 5. The van der Waals surface area contributed by atoms with Crippen LogP contribution in [0.15, 0.2) is 10.9 Å². The molecule has 19 heavy (non-hydrogen) atoms. The zero-order valence-corrected chi connectivity index (χ0v) is 11.0. The fraction of sp³-hybridized carbons (Fsp3) is 0.667. The fourth-order valence-electron chi connectivity index (χ4n) is 2.64. The van der Waals surface area contributed by atoms with Crippen molar-refractivity contribution in [2.75, 3.05) is 6.54 Å². The maximum absolute atomic E-state index is 5.35. The summed E-state index contributed by atoms with van der Waals surface area (Å²) in [4.78, 5) is 8.44. The van der Waals surface area contributed by atoms with Gasteiger partial charge >= 0.3 is 0 Å². The topological polar surface area (TPSA) is 92.5 Å². The molecule has 7 nitrogen and oxygen atoms in total. The first-order valence-electron chi connectivity index (χ1n) is 6.79. The molecule has 0 radical (unpaired) electrons. The minimum atomic E-state index is 0.374. The van der Waals surface area contributed by atoms with Crippen LogP contribution >= 0.6 is 0 Å². The summed E-state index contributed by atoms with van der Waals surface area (Å²) in [6.45, 7) is 3.18. The highest BCUT2D eigenvalue weighted by molar-refractivity contribution is 5.39. The summed E-state index contributed by atoms with van der Waals surface area (Å²) in [6.07, 6.45) is 5.95. The number of aromatic amines is 1. The summed E-state index contributed by atoms with van der Waals surface area (Å²) in [5.41, 5.74) is 0. The minimum absolute atomic E-state index is 0.374. The number of hydrogen-bond acceptors (Lipinski definition) is 6. The van der Waals surface area contributed by atoms with Crippen LogP contribution in [-0.2, 0) is 0 Å². The van der Waals surface area contributed by atoms with Gasteiger partial charge in [-0.3, -0.25) is 5.10 Å².